The van der Waals surface area contributed by atoms with Gasteiger partial charge >= 0.3 is 5.97 Å². The predicted molar refractivity (Wildman–Crippen MR) is 75.6 cm³/mol. The molecule has 0 spiro atoms. The van der Waals surface area contributed by atoms with E-state index >= 15 is 0 Å². The van der Waals surface area contributed by atoms with Gasteiger partial charge in [-0.25, -0.2) is 4.79 Å². The maximum atomic E-state index is 11.5. The summed E-state index contributed by atoms with van der Waals surface area (Å²) in [7, 11) is 1.61. The number of hydrogen-bond acceptors (Lipinski definition) is 3. The zero-order valence-corrected chi connectivity index (χ0v) is 12.6. The molecule has 3 nitrogen and oxygen atoms in total. The Morgan fingerprint density at radius 3 is 2.50 bits per heavy atom. The van der Waals surface area contributed by atoms with E-state index in [-0.39, 0.29) is 5.97 Å². The molecule has 0 N–H and O–H groups in total. The fourth-order valence-electron chi connectivity index (χ4n) is 1.26. The second-order valence-electron chi connectivity index (χ2n) is 4.75. The fourth-order valence-corrected chi connectivity index (χ4v) is 1.75. The fraction of sp³-hybridized carbons (Fsp3) is 0.357. The smallest absolute Gasteiger partial charge is 0.331 e. The Morgan fingerprint density at radius 1 is 1.33 bits per heavy atom. The van der Waals surface area contributed by atoms with Crippen molar-refractivity contribution in [2.75, 3.05) is 7.11 Å². The van der Waals surface area contributed by atoms with Crippen LogP contribution >= 0.6 is 15.9 Å². The maximum Gasteiger partial charge on any atom is 0.331 e. The molecule has 0 aliphatic heterocycles. The molecule has 0 unspecified atom stereocenters. The van der Waals surface area contributed by atoms with Crippen molar-refractivity contribution in [1.82, 2.24) is 0 Å². The maximum absolute atomic E-state index is 11.5. The molecule has 98 valence electrons. The van der Waals surface area contributed by atoms with Crippen LogP contribution in [-0.4, -0.2) is 18.7 Å². The van der Waals surface area contributed by atoms with Gasteiger partial charge < -0.3 is 9.47 Å². The number of benzene rings is 1. The van der Waals surface area contributed by atoms with Crippen molar-refractivity contribution in [2.45, 2.75) is 26.4 Å². The number of hydrogen-bond donors (Lipinski definition) is 0. The lowest BCUT2D eigenvalue weighted by molar-refractivity contribution is -0.148. The third-order valence-electron chi connectivity index (χ3n) is 2.01. The van der Waals surface area contributed by atoms with E-state index in [0.717, 1.165) is 15.8 Å². The van der Waals surface area contributed by atoms with E-state index in [1.807, 2.05) is 39.0 Å². The first-order chi connectivity index (χ1) is 8.31. The van der Waals surface area contributed by atoms with Crippen LogP contribution in [0.15, 0.2) is 28.7 Å². The van der Waals surface area contributed by atoms with Gasteiger partial charge in [0.1, 0.15) is 11.4 Å². The third kappa shape index (κ3) is 4.92. The molecule has 0 bridgehead atoms. The van der Waals surface area contributed by atoms with Crippen molar-refractivity contribution < 1.29 is 14.3 Å². The topological polar surface area (TPSA) is 35.5 Å². The van der Waals surface area contributed by atoms with Crippen LogP contribution in [0.4, 0.5) is 0 Å². The minimum absolute atomic E-state index is 0.356. The molecule has 0 saturated carbocycles. The number of carbonyl (C=O) groups is 1. The van der Waals surface area contributed by atoms with Gasteiger partial charge in [0.15, 0.2) is 0 Å². The number of rotatable bonds is 3. The van der Waals surface area contributed by atoms with Gasteiger partial charge in [-0.2, -0.15) is 0 Å². The van der Waals surface area contributed by atoms with Gasteiger partial charge in [0.25, 0.3) is 0 Å². The highest BCUT2D eigenvalue weighted by Crippen LogP contribution is 2.24. The Bertz CT molecular complexity index is 459. The molecule has 0 fully saturated rings. The molecule has 0 aliphatic carbocycles. The Balaban J connectivity index is 2.76. The highest BCUT2D eigenvalue weighted by Gasteiger charge is 2.13. The van der Waals surface area contributed by atoms with Crippen molar-refractivity contribution >= 4 is 28.0 Å². The SMILES string of the molecule is COc1ccc(/C=C/C(=O)OC(C)(C)C)c(Br)c1. The average molecular weight is 313 g/mol. The molecule has 0 amide bonds. The first kappa shape index (κ1) is 14.8. The van der Waals surface area contributed by atoms with Crippen LogP contribution < -0.4 is 4.74 Å². The quantitative estimate of drug-likeness (QED) is 0.629. The first-order valence-corrected chi connectivity index (χ1v) is 6.36. The van der Waals surface area contributed by atoms with E-state index in [4.69, 9.17) is 9.47 Å². The molecule has 0 saturated heterocycles. The number of ether oxygens (including phenoxy) is 2. The molecule has 0 aliphatic rings. The highest BCUT2D eigenvalue weighted by molar-refractivity contribution is 9.10. The van der Waals surface area contributed by atoms with E-state index in [2.05, 4.69) is 15.9 Å². The number of carbonyl (C=O) groups excluding carboxylic acids is 1. The van der Waals surface area contributed by atoms with Crippen molar-refractivity contribution in [3.05, 3.63) is 34.3 Å². The molecule has 0 aromatic heterocycles. The minimum Gasteiger partial charge on any atom is -0.497 e. The van der Waals surface area contributed by atoms with Crippen molar-refractivity contribution in [2.24, 2.45) is 0 Å². The van der Waals surface area contributed by atoms with Gasteiger partial charge in [-0.1, -0.05) is 22.0 Å². The lowest BCUT2D eigenvalue weighted by atomic mass is 10.2. The second-order valence-corrected chi connectivity index (χ2v) is 5.61. The zero-order chi connectivity index (χ0) is 13.8. The largest absolute Gasteiger partial charge is 0.497 e. The van der Waals surface area contributed by atoms with Gasteiger partial charge in [-0.3, -0.25) is 0 Å². The molecular weight excluding hydrogens is 296 g/mol. The summed E-state index contributed by atoms with van der Waals surface area (Å²) in [5, 5.41) is 0. The molecule has 1 aromatic rings. The molecule has 4 heteroatoms. The molecule has 18 heavy (non-hydrogen) atoms. The van der Waals surface area contributed by atoms with Crippen LogP contribution in [-0.2, 0) is 9.53 Å². The lowest BCUT2D eigenvalue weighted by Gasteiger charge is -2.17. The van der Waals surface area contributed by atoms with E-state index in [9.17, 15) is 4.79 Å². The molecule has 1 rings (SSSR count). The van der Waals surface area contributed by atoms with Gasteiger partial charge in [0.05, 0.1) is 7.11 Å². The minimum atomic E-state index is -0.474. The summed E-state index contributed by atoms with van der Waals surface area (Å²) in [5.74, 6) is 0.404. The summed E-state index contributed by atoms with van der Waals surface area (Å²) in [6.07, 6.45) is 3.12. The monoisotopic (exact) mass is 312 g/mol. The standard InChI is InChI=1S/C14H17BrO3/c1-14(2,3)18-13(16)8-6-10-5-7-11(17-4)9-12(10)15/h5-9H,1-4H3/b8-6+. The third-order valence-corrected chi connectivity index (χ3v) is 2.70. The highest BCUT2D eigenvalue weighted by atomic mass is 79.9. The van der Waals surface area contributed by atoms with E-state index in [1.54, 1.807) is 13.2 Å². The van der Waals surface area contributed by atoms with Crippen molar-refractivity contribution in [3.8, 4) is 5.75 Å². The van der Waals surface area contributed by atoms with Gasteiger partial charge in [-0.05, 0) is 44.5 Å². The van der Waals surface area contributed by atoms with E-state index < -0.39 is 5.60 Å². The molecule has 0 heterocycles. The van der Waals surface area contributed by atoms with Crippen LogP contribution in [0.25, 0.3) is 6.08 Å². The normalized spacial score (nSPS) is 11.6. The summed E-state index contributed by atoms with van der Waals surface area (Å²) >= 11 is 3.42. The Kier molecular flexibility index (Phi) is 4.96. The molecule has 1 aromatic carbocycles. The number of esters is 1. The van der Waals surface area contributed by atoms with Gasteiger partial charge in [0.2, 0.25) is 0 Å². The Morgan fingerprint density at radius 2 is 2.00 bits per heavy atom. The van der Waals surface area contributed by atoms with Gasteiger partial charge in [-0.15, -0.1) is 0 Å². The van der Waals surface area contributed by atoms with E-state index in [1.165, 1.54) is 6.08 Å². The van der Waals surface area contributed by atoms with Crippen LogP contribution in [0.5, 0.6) is 5.75 Å². The van der Waals surface area contributed by atoms with Crippen LogP contribution in [0, 0.1) is 0 Å². The zero-order valence-electron chi connectivity index (χ0n) is 11.0. The van der Waals surface area contributed by atoms with Gasteiger partial charge in [0, 0.05) is 10.5 Å². The Labute approximate surface area is 116 Å². The summed E-state index contributed by atoms with van der Waals surface area (Å²) < 4.78 is 11.1. The number of methoxy groups -OCH3 is 1. The summed E-state index contributed by atoms with van der Waals surface area (Å²) in [6, 6.07) is 5.54. The molecule has 0 atom stereocenters. The number of halogens is 1. The van der Waals surface area contributed by atoms with Crippen LogP contribution in [0.3, 0.4) is 0 Å². The van der Waals surface area contributed by atoms with Crippen LogP contribution in [0.2, 0.25) is 0 Å². The molecular formula is C14H17BrO3. The summed E-state index contributed by atoms with van der Waals surface area (Å²) in [5.41, 5.74) is 0.417. The first-order valence-electron chi connectivity index (χ1n) is 5.56. The second kappa shape index (κ2) is 6.05. The lowest BCUT2D eigenvalue weighted by Crippen LogP contribution is -2.22. The Hall–Kier alpha value is -1.29. The predicted octanol–water partition coefficient (Wildman–Crippen LogP) is 3.81. The van der Waals surface area contributed by atoms with Crippen molar-refractivity contribution in [3.63, 3.8) is 0 Å². The summed E-state index contributed by atoms with van der Waals surface area (Å²) in [6.45, 7) is 5.51. The average Bonchev–Trinajstić information content (AvgIpc) is 2.25. The van der Waals surface area contributed by atoms with Crippen molar-refractivity contribution in [1.29, 1.82) is 0 Å². The van der Waals surface area contributed by atoms with Crippen LogP contribution in [0.1, 0.15) is 26.3 Å². The summed E-state index contributed by atoms with van der Waals surface area (Å²) in [4.78, 5) is 11.5. The van der Waals surface area contributed by atoms with E-state index in [0.29, 0.717) is 0 Å². The molecule has 0 radical (unpaired) electrons.